The molecule has 0 aliphatic carbocycles. The van der Waals surface area contributed by atoms with E-state index in [0.29, 0.717) is 5.56 Å². The van der Waals surface area contributed by atoms with E-state index in [1.54, 1.807) is 30.9 Å². The fourth-order valence-corrected chi connectivity index (χ4v) is 4.52. The molecule has 0 spiro atoms. The summed E-state index contributed by atoms with van der Waals surface area (Å²) in [6.07, 6.45) is 0.0802. The van der Waals surface area contributed by atoms with Crippen molar-refractivity contribution in [2.75, 3.05) is 16.8 Å². The van der Waals surface area contributed by atoms with Crippen molar-refractivity contribution in [3.8, 4) is 11.5 Å². The number of nitrogens with one attached hydrogen (secondary N) is 1. The van der Waals surface area contributed by atoms with E-state index in [1.807, 2.05) is 30.3 Å². The van der Waals surface area contributed by atoms with Gasteiger partial charge in [0, 0.05) is 24.2 Å². The van der Waals surface area contributed by atoms with Crippen LogP contribution >= 0.6 is 0 Å². The fourth-order valence-electron chi connectivity index (χ4n) is 3.42. The average Bonchev–Trinajstić information content (AvgIpc) is 3.41. The van der Waals surface area contributed by atoms with Gasteiger partial charge < -0.3 is 9.32 Å². The van der Waals surface area contributed by atoms with Crippen LogP contribution in [0.3, 0.4) is 0 Å². The molecule has 1 unspecified atom stereocenters. The number of anilines is 2. The zero-order valence-electron chi connectivity index (χ0n) is 17.6. The molecule has 1 N–H and O–H groups in total. The Hall–Kier alpha value is -3.53. The van der Waals surface area contributed by atoms with E-state index in [9.17, 15) is 18.0 Å². The van der Waals surface area contributed by atoms with Crippen LogP contribution in [-0.4, -0.2) is 42.2 Å². The summed E-state index contributed by atoms with van der Waals surface area (Å²) in [6.45, 7) is 3.47. The van der Waals surface area contributed by atoms with Crippen molar-refractivity contribution in [2.45, 2.75) is 30.4 Å². The van der Waals surface area contributed by atoms with E-state index in [4.69, 9.17) is 4.42 Å². The first-order valence-electron chi connectivity index (χ1n) is 10.1. The van der Waals surface area contributed by atoms with Gasteiger partial charge in [-0.15, -0.1) is 5.10 Å². The molecule has 1 aliphatic heterocycles. The molecular formula is C22H22N4O5S. The lowest BCUT2D eigenvalue weighted by atomic mass is 10.1. The third-order valence-corrected chi connectivity index (χ3v) is 7.40. The number of para-hydroxylation sites is 1. The first kappa shape index (κ1) is 21.7. The topological polar surface area (TPSA) is 122 Å². The molecule has 0 bridgehead atoms. The van der Waals surface area contributed by atoms with Crippen molar-refractivity contribution in [2.24, 2.45) is 5.92 Å². The Labute approximate surface area is 185 Å². The lowest BCUT2D eigenvalue weighted by molar-refractivity contribution is -0.122. The number of carbonyl (C=O) groups is 2. The number of nitrogens with zero attached hydrogens (tertiary/aromatic N) is 3. The van der Waals surface area contributed by atoms with E-state index >= 15 is 0 Å². The van der Waals surface area contributed by atoms with Crippen molar-refractivity contribution in [1.82, 2.24) is 10.2 Å². The number of rotatable bonds is 6. The number of hydrogen-bond acceptors (Lipinski definition) is 7. The monoisotopic (exact) mass is 454 g/mol. The Balaban J connectivity index is 1.46. The van der Waals surface area contributed by atoms with Crippen molar-refractivity contribution >= 4 is 33.4 Å². The third-order valence-electron chi connectivity index (χ3n) is 5.25. The van der Waals surface area contributed by atoms with E-state index in [2.05, 4.69) is 15.5 Å². The normalized spacial score (nSPS) is 16.5. The molecule has 32 heavy (non-hydrogen) atoms. The fraction of sp³-hybridized carbons (Fsp3) is 0.273. The summed E-state index contributed by atoms with van der Waals surface area (Å²) in [6, 6.07) is 15.2. The standard InChI is InChI=1S/C22H22N4O5S/c1-14(2)32(29,30)18-10-6-7-15(11-18)21-24-25-22(31-21)23-20(28)16-12-19(27)26(13-16)17-8-4-3-5-9-17/h3-11,14,16H,12-13H2,1-2H3,(H,23,25,28). The van der Waals surface area contributed by atoms with Crippen LogP contribution in [0.15, 0.2) is 63.9 Å². The second-order valence-corrected chi connectivity index (χ2v) is 10.3. The average molecular weight is 455 g/mol. The molecule has 1 aromatic heterocycles. The van der Waals surface area contributed by atoms with Crippen molar-refractivity contribution in [1.29, 1.82) is 0 Å². The van der Waals surface area contributed by atoms with Crippen LogP contribution in [0.25, 0.3) is 11.5 Å². The highest BCUT2D eigenvalue weighted by molar-refractivity contribution is 7.92. The van der Waals surface area contributed by atoms with E-state index in [1.165, 1.54) is 12.1 Å². The molecule has 1 aliphatic rings. The van der Waals surface area contributed by atoms with E-state index in [0.717, 1.165) is 5.69 Å². The predicted molar refractivity (Wildman–Crippen MR) is 118 cm³/mol. The van der Waals surface area contributed by atoms with Gasteiger partial charge in [0.1, 0.15) is 0 Å². The zero-order valence-corrected chi connectivity index (χ0v) is 18.4. The highest BCUT2D eigenvalue weighted by Crippen LogP contribution is 2.27. The van der Waals surface area contributed by atoms with Crippen LogP contribution in [0.4, 0.5) is 11.7 Å². The van der Waals surface area contributed by atoms with Gasteiger partial charge >= 0.3 is 6.01 Å². The number of hydrogen-bond donors (Lipinski definition) is 1. The van der Waals surface area contributed by atoms with Gasteiger partial charge in [0.05, 0.1) is 16.1 Å². The lowest BCUT2D eigenvalue weighted by Gasteiger charge is -2.16. The molecule has 1 saturated heterocycles. The molecule has 4 rings (SSSR count). The van der Waals surface area contributed by atoms with Gasteiger partial charge in [0.15, 0.2) is 9.84 Å². The lowest BCUT2D eigenvalue weighted by Crippen LogP contribution is -2.28. The summed E-state index contributed by atoms with van der Waals surface area (Å²) < 4.78 is 30.3. The molecule has 1 atom stereocenters. The molecule has 2 heterocycles. The number of benzene rings is 2. The SMILES string of the molecule is CC(C)S(=O)(=O)c1cccc(-c2nnc(NC(=O)C3CC(=O)N(c4ccccc4)C3)o2)c1. The van der Waals surface area contributed by atoms with Gasteiger partial charge in [-0.05, 0) is 44.2 Å². The quantitative estimate of drug-likeness (QED) is 0.607. The summed E-state index contributed by atoms with van der Waals surface area (Å²) >= 11 is 0. The van der Waals surface area contributed by atoms with Crippen LogP contribution in [0.5, 0.6) is 0 Å². The second kappa shape index (κ2) is 8.54. The number of amides is 2. The van der Waals surface area contributed by atoms with Gasteiger partial charge in [-0.3, -0.25) is 14.9 Å². The molecule has 10 heteroatoms. The van der Waals surface area contributed by atoms with Crippen LogP contribution in [-0.2, 0) is 19.4 Å². The Kier molecular flexibility index (Phi) is 5.79. The van der Waals surface area contributed by atoms with Crippen molar-refractivity contribution < 1.29 is 22.4 Å². The summed E-state index contributed by atoms with van der Waals surface area (Å²) in [5.41, 5.74) is 1.16. The molecule has 2 amide bonds. The Morgan fingerprint density at radius 3 is 2.59 bits per heavy atom. The van der Waals surface area contributed by atoms with Crippen LogP contribution in [0.1, 0.15) is 20.3 Å². The molecule has 9 nitrogen and oxygen atoms in total. The Bertz CT molecular complexity index is 1250. The van der Waals surface area contributed by atoms with Crippen molar-refractivity contribution in [3.05, 3.63) is 54.6 Å². The molecule has 1 fully saturated rings. The molecule has 3 aromatic rings. The minimum absolute atomic E-state index is 0.0783. The third kappa shape index (κ3) is 4.26. The van der Waals surface area contributed by atoms with Gasteiger partial charge in [-0.1, -0.05) is 29.4 Å². The van der Waals surface area contributed by atoms with Crippen LogP contribution in [0.2, 0.25) is 0 Å². The highest BCUT2D eigenvalue weighted by Gasteiger charge is 2.35. The molecular weight excluding hydrogens is 432 g/mol. The maximum atomic E-state index is 12.6. The highest BCUT2D eigenvalue weighted by atomic mass is 32.2. The van der Waals surface area contributed by atoms with E-state index in [-0.39, 0.29) is 35.7 Å². The van der Waals surface area contributed by atoms with Gasteiger partial charge in [0.25, 0.3) is 0 Å². The molecule has 2 aromatic carbocycles. The Morgan fingerprint density at radius 1 is 1.12 bits per heavy atom. The van der Waals surface area contributed by atoms with Gasteiger partial charge in [-0.2, -0.15) is 0 Å². The number of aromatic nitrogens is 2. The van der Waals surface area contributed by atoms with Crippen LogP contribution in [0, 0.1) is 5.92 Å². The summed E-state index contributed by atoms with van der Waals surface area (Å²) in [7, 11) is -3.46. The summed E-state index contributed by atoms with van der Waals surface area (Å²) in [5.74, 6) is -1.01. The van der Waals surface area contributed by atoms with Crippen LogP contribution < -0.4 is 10.2 Å². The minimum atomic E-state index is -3.46. The largest absolute Gasteiger partial charge is 0.403 e. The van der Waals surface area contributed by atoms with Crippen molar-refractivity contribution in [3.63, 3.8) is 0 Å². The maximum absolute atomic E-state index is 12.6. The molecule has 0 radical (unpaired) electrons. The summed E-state index contributed by atoms with van der Waals surface area (Å²) in [5, 5.41) is 9.72. The Morgan fingerprint density at radius 2 is 1.88 bits per heavy atom. The van der Waals surface area contributed by atoms with E-state index < -0.39 is 26.9 Å². The first-order valence-corrected chi connectivity index (χ1v) is 11.6. The molecule has 166 valence electrons. The predicted octanol–water partition coefficient (Wildman–Crippen LogP) is 2.91. The number of sulfone groups is 1. The minimum Gasteiger partial charge on any atom is -0.403 e. The smallest absolute Gasteiger partial charge is 0.322 e. The molecule has 0 saturated carbocycles. The summed E-state index contributed by atoms with van der Waals surface area (Å²) in [4.78, 5) is 26.7. The van der Waals surface area contributed by atoms with Gasteiger partial charge in [-0.25, -0.2) is 8.42 Å². The second-order valence-electron chi connectivity index (χ2n) is 7.76. The maximum Gasteiger partial charge on any atom is 0.322 e. The number of carbonyl (C=O) groups excluding carboxylic acids is 2. The van der Waals surface area contributed by atoms with Gasteiger partial charge in [0.2, 0.25) is 17.7 Å². The zero-order chi connectivity index (χ0) is 22.9. The first-order chi connectivity index (χ1) is 15.3.